The summed E-state index contributed by atoms with van der Waals surface area (Å²) in [4.78, 5) is 13.5. The number of likely N-dealkylation sites (tertiary alicyclic amines) is 1. The van der Waals surface area contributed by atoms with E-state index >= 15 is 0 Å². The van der Waals surface area contributed by atoms with E-state index in [-0.39, 0.29) is 18.3 Å². The minimum Gasteiger partial charge on any atom is -0.338 e. The predicted octanol–water partition coefficient (Wildman–Crippen LogP) is 1.80. The van der Waals surface area contributed by atoms with Crippen LogP contribution in [0.25, 0.3) is 0 Å². The van der Waals surface area contributed by atoms with Gasteiger partial charge >= 0.3 is 0 Å². The van der Waals surface area contributed by atoms with Gasteiger partial charge in [-0.2, -0.15) is 0 Å². The van der Waals surface area contributed by atoms with Crippen LogP contribution >= 0.6 is 0 Å². The van der Waals surface area contributed by atoms with Gasteiger partial charge in [0, 0.05) is 31.6 Å². The van der Waals surface area contributed by atoms with Crippen molar-refractivity contribution in [3.8, 4) is 0 Å². The lowest BCUT2D eigenvalue weighted by molar-refractivity contribution is -0.133. The summed E-state index contributed by atoms with van der Waals surface area (Å²) >= 11 is 0. The summed E-state index contributed by atoms with van der Waals surface area (Å²) in [6, 6.07) is 4.89. The van der Waals surface area contributed by atoms with Gasteiger partial charge in [0.2, 0.25) is 5.91 Å². The largest absolute Gasteiger partial charge is 0.338 e. The van der Waals surface area contributed by atoms with Crippen LogP contribution in [0.15, 0.2) is 18.2 Å². The molecule has 0 aliphatic carbocycles. The first-order valence-electron chi connectivity index (χ1n) is 5.96. The van der Waals surface area contributed by atoms with E-state index in [2.05, 4.69) is 0 Å². The van der Waals surface area contributed by atoms with Crippen molar-refractivity contribution in [3.05, 3.63) is 35.1 Å². The van der Waals surface area contributed by atoms with Crippen molar-refractivity contribution in [2.45, 2.75) is 32.4 Å². The summed E-state index contributed by atoms with van der Waals surface area (Å²) in [5.74, 6) is -0.0869. The zero-order valence-electron chi connectivity index (χ0n) is 9.79. The summed E-state index contributed by atoms with van der Waals surface area (Å²) in [7, 11) is 0. The monoisotopic (exact) mass is 236 g/mol. The van der Waals surface area contributed by atoms with Gasteiger partial charge in [-0.05, 0) is 30.5 Å². The maximum absolute atomic E-state index is 13.3. The summed E-state index contributed by atoms with van der Waals surface area (Å²) < 4.78 is 13.3. The molecule has 92 valence electrons. The Morgan fingerprint density at radius 3 is 2.88 bits per heavy atom. The summed E-state index contributed by atoms with van der Waals surface area (Å²) in [5.41, 5.74) is 6.91. The van der Waals surface area contributed by atoms with Gasteiger partial charge < -0.3 is 10.6 Å². The minimum absolute atomic E-state index is 0.188. The van der Waals surface area contributed by atoms with Gasteiger partial charge in [0.05, 0.1) is 0 Å². The highest BCUT2D eigenvalue weighted by Crippen LogP contribution is 2.16. The number of carbonyl (C=O) groups excluding carboxylic acids is 1. The van der Waals surface area contributed by atoms with Gasteiger partial charge in [0.1, 0.15) is 5.82 Å². The zero-order chi connectivity index (χ0) is 12.3. The van der Waals surface area contributed by atoms with E-state index < -0.39 is 0 Å². The second-order valence-electron chi connectivity index (χ2n) is 4.40. The summed E-state index contributed by atoms with van der Waals surface area (Å²) in [6.45, 7) is 1.55. The van der Waals surface area contributed by atoms with Crippen molar-refractivity contribution in [3.63, 3.8) is 0 Å². The molecule has 1 heterocycles. The fraction of sp³-hybridized carbons (Fsp3) is 0.462. The average molecular weight is 236 g/mol. The highest BCUT2D eigenvalue weighted by molar-refractivity contribution is 5.76. The molecule has 1 saturated heterocycles. The number of carbonyl (C=O) groups is 1. The number of hydrogen-bond donors (Lipinski definition) is 1. The van der Waals surface area contributed by atoms with Crippen LogP contribution in [-0.2, 0) is 17.9 Å². The van der Waals surface area contributed by atoms with Crippen LogP contribution in [0, 0.1) is 5.82 Å². The van der Waals surface area contributed by atoms with E-state index in [0.29, 0.717) is 18.5 Å². The quantitative estimate of drug-likeness (QED) is 0.869. The lowest BCUT2D eigenvalue weighted by Crippen LogP contribution is -2.34. The van der Waals surface area contributed by atoms with Crippen molar-refractivity contribution in [1.82, 2.24) is 4.90 Å². The number of piperidine rings is 1. The van der Waals surface area contributed by atoms with Gasteiger partial charge in [-0.3, -0.25) is 4.79 Å². The summed E-state index contributed by atoms with van der Waals surface area (Å²) in [5, 5.41) is 0. The van der Waals surface area contributed by atoms with Gasteiger partial charge in [-0.1, -0.05) is 6.07 Å². The number of halogens is 1. The maximum Gasteiger partial charge on any atom is 0.222 e. The molecule has 0 radical (unpaired) electrons. The third-order valence-corrected chi connectivity index (χ3v) is 3.12. The Kier molecular flexibility index (Phi) is 3.74. The Bertz CT molecular complexity index is 420. The van der Waals surface area contributed by atoms with Crippen LogP contribution in [0.3, 0.4) is 0 Å². The molecule has 2 rings (SSSR count). The van der Waals surface area contributed by atoms with E-state index in [1.807, 2.05) is 4.90 Å². The Morgan fingerprint density at radius 1 is 1.35 bits per heavy atom. The lowest BCUT2D eigenvalue weighted by Gasteiger charge is -2.26. The lowest BCUT2D eigenvalue weighted by atomic mass is 10.1. The van der Waals surface area contributed by atoms with E-state index in [1.165, 1.54) is 6.07 Å². The van der Waals surface area contributed by atoms with Crippen LogP contribution in [0.4, 0.5) is 4.39 Å². The number of rotatable bonds is 3. The van der Waals surface area contributed by atoms with Crippen molar-refractivity contribution < 1.29 is 9.18 Å². The number of nitrogens with zero attached hydrogens (tertiary/aromatic N) is 1. The first-order chi connectivity index (χ1) is 8.20. The highest BCUT2D eigenvalue weighted by atomic mass is 19.1. The Labute approximate surface area is 100 Å². The summed E-state index contributed by atoms with van der Waals surface area (Å²) in [6.07, 6.45) is 2.66. The number of benzene rings is 1. The molecule has 1 aromatic carbocycles. The first kappa shape index (κ1) is 12.0. The average Bonchev–Trinajstić information content (AvgIpc) is 2.34. The molecule has 0 atom stereocenters. The molecule has 0 aromatic heterocycles. The number of nitrogens with two attached hydrogens (primary N) is 1. The van der Waals surface area contributed by atoms with E-state index in [4.69, 9.17) is 5.73 Å². The minimum atomic E-state index is -0.277. The molecule has 0 spiro atoms. The molecule has 4 heteroatoms. The Balaban J connectivity index is 2.10. The molecular formula is C13H17FN2O. The Morgan fingerprint density at radius 2 is 2.18 bits per heavy atom. The van der Waals surface area contributed by atoms with Gasteiger partial charge in [-0.25, -0.2) is 4.39 Å². The van der Waals surface area contributed by atoms with Crippen LogP contribution in [0.1, 0.15) is 30.4 Å². The van der Waals surface area contributed by atoms with E-state index in [9.17, 15) is 9.18 Å². The Hall–Kier alpha value is -1.42. The number of hydrogen-bond acceptors (Lipinski definition) is 2. The maximum atomic E-state index is 13.3. The molecule has 1 fully saturated rings. The molecule has 1 aliphatic rings. The van der Waals surface area contributed by atoms with Gasteiger partial charge in [0.15, 0.2) is 0 Å². The van der Waals surface area contributed by atoms with Crippen molar-refractivity contribution in [2.24, 2.45) is 5.73 Å². The molecule has 2 N–H and O–H groups in total. The van der Waals surface area contributed by atoms with E-state index in [1.54, 1.807) is 12.1 Å². The molecule has 0 bridgehead atoms. The fourth-order valence-corrected chi connectivity index (χ4v) is 2.13. The standard InChI is InChI=1S/C13H17FN2O/c14-12-5-4-10(7-11(12)8-15)9-16-6-2-1-3-13(16)17/h4-5,7H,1-3,6,8-9,15H2. The van der Waals surface area contributed by atoms with E-state index in [0.717, 1.165) is 24.9 Å². The molecule has 3 nitrogen and oxygen atoms in total. The van der Waals surface area contributed by atoms with Crippen LogP contribution in [0.2, 0.25) is 0 Å². The van der Waals surface area contributed by atoms with Crippen molar-refractivity contribution >= 4 is 5.91 Å². The van der Waals surface area contributed by atoms with Crippen LogP contribution in [0.5, 0.6) is 0 Å². The smallest absolute Gasteiger partial charge is 0.222 e. The second-order valence-corrected chi connectivity index (χ2v) is 4.40. The second kappa shape index (κ2) is 5.27. The molecule has 17 heavy (non-hydrogen) atoms. The van der Waals surface area contributed by atoms with Crippen molar-refractivity contribution in [1.29, 1.82) is 0 Å². The van der Waals surface area contributed by atoms with Crippen LogP contribution in [-0.4, -0.2) is 17.4 Å². The topological polar surface area (TPSA) is 46.3 Å². The molecule has 1 aromatic rings. The zero-order valence-corrected chi connectivity index (χ0v) is 9.79. The molecule has 1 aliphatic heterocycles. The molecule has 1 amide bonds. The number of amides is 1. The first-order valence-corrected chi connectivity index (χ1v) is 5.96. The van der Waals surface area contributed by atoms with Crippen molar-refractivity contribution in [2.75, 3.05) is 6.54 Å². The molecule has 0 saturated carbocycles. The SMILES string of the molecule is NCc1cc(CN2CCCCC2=O)ccc1F. The van der Waals surface area contributed by atoms with Gasteiger partial charge in [0.25, 0.3) is 0 Å². The molecule has 0 unspecified atom stereocenters. The van der Waals surface area contributed by atoms with Gasteiger partial charge in [-0.15, -0.1) is 0 Å². The normalized spacial score (nSPS) is 16.4. The third kappa shape index (κ3) is 2.82. The molecular weight excluding hydrogens is 219 g/mol. The fourth-order valence-electron chi connectivity index (χ4n) is 2.13. The third-order valence-electron chi connectivity index (χ3n) is 3.12. The predicted molar refractivity (Wildman–Crippen MR) is 63.6 cm³/mol. The highest BCUT2D eigenvalue weighted by Gasteiger charge is 2.18. The van der Waals surface area contributed by atoms with Crippen LogP contribution < -0.4 is 5.73 Å².